The number of anilines is 1. The number of rotatable bonds is 7. The van der Waals surface area contributed by atoms with Gasteiger partial charge in [-0.15, -0.1) is 11.3 Å². The molecule has 7 heteroatoms. The highest BCUT2D eigenvalue weighted by Crippen LogP contribution is 2.24. The Bertz CT molecular complexity index is 724. The Kier molecular flexibility index (Phi) is 6.82. The average molecular weight is 376 g/mol. The van der Waals surface area contributed by atoms with Gasteiger partial charge in [0.1, 0.15) is 5.82 Å². The Morgan fingerprint density at radius 2 is 2.08 bits per heavy atom. The Morgan fingerprint density at radius 1 is 1.27 bits per heavy atom. The van der Waals surface area contributed by atoms with Crippen molar-refractivity contribution in [3.63, 3.8) is 0 Å². The minimum Gasteiger partial charge on any atom is -0.357 e. The summed E-state index contributed by atoms with van der Waals surface area (Å²) in [6.07, 6.45) is 3.37. The first kappa shape index (κ1) is 18.6. The third-order valence-electron chi connectivity index (χ3n) is 4.30. The van der Waals surface area contributed by atoms with Crippen LogP contribution in [0.5, 0.6) is 0 Å². The Morgan fingerprint density at radius 3 is 2.85 bits per heavy atom. The summed E-state index contributed by atoms with van der Waals surface area (Å²) in [6.45, 7) is 6.09. The third-order valence-corrected chi connectivity index (χ3v) is 5.25. The summed E-state index contributed by atoms with van der Waals surface area (Å²) in [5, 5.41) is 9.78. The van der Waals surface area contributed by atoms with E-state index in [2.05, 4.69) is 25.9 Å². The lowest BCUT2D eigenvalue weighted by atomic mass is 10.2. The van der Waals surface area contributed by atoms with Crippen molar-refractivity contribution in [1.29, 1.82) is 0 Å². The van der Waals surface area contributed by atoms with Crippen LogP contribution < -0.4 is 15.5 Å². The fraction of sp³-hybridized carbons (Fsp3) is 0.474. The van der Waals surface area contributed by atoms with E-state index in [-0.39, 0.29) is 5.82 Å². The summed E-state index contributed by atoms with van der Waals surface area (Å²) in [4.78, 5) is 11.6. The Balaban J connectivity index is 1.50. The molecule has 0 saturated carbocycles. The quantitative estimate of drug-likeness (QED) is 0.576. The highest BCUT2D eigenvalue weighted by atomic mass is 32.1. The predicted molar refractivity (Wildman–Crippen MR) is 106 cm³/mol. The largest absolute Gasteiger partial charge is 0.357 e. The molecule has 26 heavy (non-hydrogen) atoms. The minimum absolute atomic E-state index is 0.219. The number of nitrogens with zero attached hydrogens (tertiary/aromatic N) is 3. The number of thiazole rings is 1. The lowest BCUT2D eigenvalue weighted by Gasteiger charge is -2.12. The van der Waals surface area contributed by atoms with Gasteiger partial charge in [0.2, 0.25) is 0 Å². The van der Waals surface area contributed by atoms with Gasteiger partial charge in [0.25, 0.3) is 0 Å². The Hall–Kier alpha value is -2.15. The lowest BCUT2D eigenvalue weighted by Crippen LogP contribution is -2.38. The van der Waals surface area contributed by atoms with Crippen LogP contribution in [0.25, 0.3) is 0 Å². The van der Waals surface area contributed by atoms with Gasteiger partial charge in [-0.1, -0.05) is 18.2 Å². The van der Waals surface area contributed by atoms with E-state index in [1.807, 2.05) is 13.0 Å². The molecule has 5 nitrogen and oxygen atoms in total. The van der Waals surface area contributed by atoms with Crippen molar-refractivity contribution in [2.24, 2.45) is 4.99 Å². The molecule has 140 valence electrons. The van der Waals surface area contributed by atoms with Gasteiger partial charge >= 0.3 is 0 Å². The van der Waals surface area contributed by atoms with Crippen molar-refractivity contribution in [3.8, 4) is 0 Å². The number of aromatic nitrogens is 1. The van der Waals surface area contributed by atoms with Gasteiger partial charge in [-0.05, 0) is 25.8 Å². The maximum absolute atomic E-state index is 13.7. The molecular formula is C19H26FN5S. The first-order valence-corrected chi connectivity index (χ1v) is 10.1. The van der Waals surface area contributed by atoms with Gasteiger partial charge < -0.3 is 15.5 Å². The molecular weight excluding hydrogens is 349 g/mol. The number of aliphatic imine (C=N–C) groups is 1. The van der Waals surface area contributed by atoms with Crippen LogP contribution in [0.2, 0.25) is 0 Å². The monoisotopic (exact) mass is 375 g/mol. The van der Waals surface area contributed by atoms with E-state index in [9.17, 15) is 4.39 Å². The predicted octanol–water partition coefficient (Wildman–Crippen LogP) is 3.18. The summed E-state index contributed by atoms with van der Waals surface area (Å²) in [7, 11) is 0. The van der Waals surface area contributed by atoms with Crippen LogP contribution in [-0.4, -0.2) is 37.1 Å². The summed E-state index contributed by atoms with van der Waals surface area (Å²) in [5.41, 5.74) is 1.70. The smallest absolute Gasteiger partial charge is 0.191 e. The van der Waals surface area contributed by atoms with Gasteiger partial charge in [0.15, 0.2) is 11.1 Å². The van der Waals surface area contributed by atoms with Gasteiger partial charge in [-0.2, -0.15) is 0 Å². The second-order valence-corrected chi connectivity index (χ2v) is 7.12. The van der Waals surface area contributed by atoms with E-state index in [0.29, 0.717) is 18.1 Å². The maximum atomic E-state index is 13.7. The van der Waals surface area contributed by atoms with Crippen molar-refractivity contribution in [1.82, 2.24) is 15.6 Å². The molecule has 0 radical (unpaired) electrons. The molecule has 1 saturated heterocycles. The molecule has 0 bridgehead atoms. The van der Waals surface area contributed by atoms with Gasteiger partial charge in [0, 0.05) is 43.5 Å². The molecule has 0 aliphatic carbocycles. The fourth-order valence-corrected chi connectivity index (χ4v) is 3.82. The summed E-state index contributed by atoms with van der Waals surface area (Å²) in [5.74, 6) is 0.481. The Labute approximate surface area is 158 Å². The average Bonchev–Trinajstić information content (AvgIpc) is 3.32. The zero-order valence-corrected chi connectivity index (χ0v) is 16.0. The maximum Gasteiger partial charge on any atom is 0.191 e. The van der Waals surface area contributed by atoms with Crippen LogP contribution in [0.3, 0.4) is 0 Å². The standard InChI is InChI=1S/C19H26FN5S/c1-2-21-18(23-13-15-7-3-4-8-17(15)20)22-10-9-16-14-26-19(24-16)25-11-5-6-12-25/h3-4,7-8,14H,2,5-6,9-13H2,1H3,(H2,21,22,23). The number of benzene rings is 1. The van der Waals surface area contributed by atoms with E-state index >= 15 is 0 Å². The molecule has 1 aliphatic heterocycles. The van der Waals surface area contributed by atoms with E-state index in [1.54, 1.807) is 23.5 Å². The minimum atomic E-state index is -0.219. The molecule has 1 aliphatic rings. The number of hydrogen-bond donors (Lipinski definition) is 2. The first-order chi connectivity index (χ1) is 12.8. The van der Waals surface area contributed by atoms with Crippen LogP contribution in [0.4, 0.5) is 9.52 Å². The lowest BCUT2D eigenvalue weighted by molar-refractivity contribution is 0.610. The molecule has 2 aromatic rings. The summed E-state index contributed by atoms with van der Waals surface area (Å²) >= 11 is 1.72. The van der Waals surface area contributed by atoms with Crippen LogP contribution in [0.1, 0.15) is 31.0 Å². The molecule has 0 unspecified atom stereocenters. The second-order valence-electron chi connectivity index (χ2n) is 6.28. The molecule has 0 spiro atoms. The van der Waals surface area contributed by atoms with Crippen LogP contribution >= 0.6 is 11.3 Å². The molecule has 0 atom stereocenters. The van der Waals surface area contributed by atoms with E-state index in [0.717, 1.165) is 43.4 Å². The van der Waals surface area contributed by atoms with Crippen LogP contribution in [0, 0.1) is 5.82 Å². The molecule has 0 amide bonds. The van der Waals surface area contributed by atoms with Crippen LogP contribution in [-0.2, 0) is 13.0 Å². The SMILES string of the molecule is CCNC(=NCc1ccccc1F)NCCc1csc(N2CCCC2)n1. The zero-order chi connectivity index (χ0) is 18.2. The fourth-order valence-electron chi connectivity index (χ4n) is 2.91. The van der Waals surface area contributed by atoms with Crippen molar-refractivity contribution in [3.05, 3.63) is 46.7 Å². The number of halogens is 1. The highest BCUT2D eigenvalue weighted by molar-refractivity contribution is 7.13. The number of hydrogen-bond acceptors (Lipinski definition) is 4. The van der Waals surface area contributed by atoms with Gasteiger partial charge in [-0.3, -0.25) is 0 Å². The topological polar surface area (TPSA) is 52.6 Å². The van der Waals surface area contributed by atoms with Crippen molar-refractivity contribution >= 4 is 22.4 Å². The molecule has 1 aromatic heterocycles. The second kappa shape index (κ2) is 9.52. The van der Waals surface area contributed by atoms with Crippen LogP contribution in [0.15, 0.2) is 34.6 Å². The van der Waals surface area contributed by atoms with E-state index < -0.39 is 0 Å². The van der Waals surface area contributed by atoms with Crippen molar-refractivity contribution in [2.45, 2.75) is 32.7 Å². The summed E-state index contributed by atoms with van der Waals surface area (Å²) < 4.78 is 13.7. The first-order valence-electron chi connectivity index (χ1n) is 9.21. The van der Waals surface area contributed by atoms with Crippen molar-refractivity contribution < 1.29 is 4.39 Å². The molecule has 2 heterocycles. The number of guanidine groups is 1. The zero-order valence-electron chi connectivity index (χ0n) is 15.2. The van der Waals surface area contributed by atoms with Gasteiger partial charge in [0.05, 0.1) is 12.2 Å². The third kappa shape index (κ3) is 5.17. The molecule has 2 N–H and O–H groups in total. The normalized spacial score (nSPS) is 14.7. The van der Waals surface area contributed by atoms with E-state index in [1.165, 1.54) is 18.9 Å². The molecule has 3 rings (SSSR count). The molecule has 1 aromatic carbocycles. The summed E-state index contributed by atoms with van der Waals surface area (Å²) in [6, 6.07) is 6.74. The highest BCUT2D eigenvalue weighted by Gasteiger charge is 2.15. The number of nitrogens with one attached hydrogen (secondary N) is 2. The van der Waals surface area contributed by atoms with Gasteiger partial charge in [-0.25, -0.2) is 14.4 Å². The van der Waals surface area contributed by atoms with E-state index in [4.69, 9.17) is 4.98 Å². The molecule has 1 fully saturated rings. The van der Waals surface area contributed by atoms with Crippen molar-refractivity contribution in [2.75, 3.05) is 31.1 Å².